The minimum Gasteiger partial charge on any atom is -0.497 e. The zero-order chi connectivity index (χ0) is 31.0. The summed E-state index contributed by atoms with van der Waals surface area (Å²) in [6.07, 6.45) is 0. The van der Waals surface area contributed by atoms with Crippen molar-refractivity contribution >= 4 is 82.5 Å². The van der Waals surface area contributed by atoms with Crippen molar-refractivity contribution in [3.63, 3.8) is 0 Å². The highest BCUT2D eigenvalue weighted by atomic mass is 36.0. The van der Waals surface area contributed by atoms with E-state index in [2.05, 4.69) is 118 Å². The van der Waals surface area contributed by atoms with Crippen LogP contribution in [0.5, 0.6) is 17.2 Å². The first-order valence-corrected chi connectivity index (χ1v) is 16.6. The number of ether oxygens (including phenoxy) is 3. The number of rotatable bonds is 3. The van der Waals surface area contributed by atoms with Gasteiger partial charge >= 0.3 is 5.20 Å². The highest BCUT2D eigenvalue weighted by molar-refractivity contribution is 8.24. The van der Waals surface area contributed by atoms with Gasteiger partial charge in [-0.1, -0.05) is 36.4 Å². The SMILES string of the molecule is COc1cc2c3ccccc3n(C)c2cc1OC.COc1ccc2c3ccccc3n(C)c2c1.O=P(Cl)(Cl)Cl.[2H]CF. The molecule has 0 aliphatic heterocycles. The maximum Gasteiger partial charge on any atom is 0.339 e. The van der Waals surface area contributed by atoms with Gasteiger partial charge in [0, 0.05) is 58.8 Å². The third-order valence-corrected chi connectivity index (χ3v) is 6.54. The van der Waals surface area contributed by atoms with E-state index in [0.717, 1.165) is 22.8 Å². The molecule has 218 valence electrons. The molecule has 0 amide bonds. The molecule has 0 bridgehead atoms. The molecule has 2 heterocycles. The van der Waals surface area contributed by atoms with Gasteiger partial charge in [-0.2, -0.15) is 0 Å². The number of alkyl halides is 1. The van der Waals surface area contributed by atoms with Crippen molar-refractivity contribution in [3.8, 4) is 17.2 Å². The molecular weight excluding hydrogens is 609 g/mol. The molecule has 2 aromatic heterocycles. The van der Waals surface area contributed by atoms with E-state index in [1.165, 1.54) is 38.1 Å². The van der Waals surface area contributed by atoms with Crippen LogP contribution in [-0.4, -0.2) is 37.6 Å². The van der Waals surface area contributed by atoms with Gasteiger partial charge < -0.3 is 23.3 Å². The van der Waals surface area contributed by atoms with Gasteiger partial charge in [0.15, 0.2) is 11.5 Å². The second-order valence-corrected chi connectivity index (χ2v) is 15.3. The summed E-state index contributed by atoms with van der Waals surface area (Å²) in [6.45, 7) is 0. The summed E-state index contributed by atoms with van der Waals surface area (Å²) in [5.74, 6) is 2.43. The zero-order valence-electron chi connectivity index (χ0n) is 24.2. The summed E-state index contributed by atoms with van der Waals surface area (Å²) in [6, 6.07) is 27.1. The maximum atomic E-state index is 9.96. The fourth-order valence-electron chi connectivity index (χ4n) is 4.75. The molecule has 0 saturated carbocycles. The first kappa shape index (κ1) is 30.9. The fraction of sp³-hybridized carbons (Fsp3) is 0.200. The van der Waals surface area contributed by atoms with Crippen LogP contribution in [0.2, 0.25) is 0 Å². The van der Waals surface area contributed by atoms with Crippen molar-refractivity contribution in [1.29, 1.82) is 0 Å². The number of hydrogen-bond acceptors (Lipinski definition) is 4. The van der Waals surface area contributed by atoms with Crippen molar-refractivity contribution in [3.05, 3.63) is 78.9 Å². The molecule has 0 atom stereocenters. The summed E-state index contributed by atoms with van der Waals surface area (Å²) < 4.78 is 45.4. The molecule has 6 rings (SSSR count). The third-order valence-electron chi connectivity index (χ3n) is 6.54. The van der Waals surface area contributed by atoms with Crippen LogP contribution < -0.4 is 14.2 Å². The number of fused-ring (bicyclic) bond motifs is 6. The second-order valence-electron chi connectivity index (χ2n) is 8.66. The van der Waals surface area contributed by atoms with Crippen molar-refractivity contribution in [2.75, 3.05) is 28.5 Å². The fourth-order valence-corrected chi connectivity index (χ4v) is 4.75. The number of aromatic nitrogens is 2. The van der Waals surface area contributed by atoms with Crippen LogP contribution in [0.1, 0.15) is 1.37 Å². The Morgan fingerprint density at radius 1 is 0.659 bits per heavy atom. The van der Waals surface area contributed by atoms with E-state index in [-0.39, 0.29) is 0 Å². The molecule has 0 saturated heterocycles. The van der Waals surface area contributed by atoms with E-state index in [1.807, 2.05) is 18.2 Å². The van der Waals surface area contributed by atoms with Crippen molar-refractivity contribution in [2.24, 2.45) is 14.1 Å². The van der Waals surface area contributed by atoms with Gasteiger partial charge in [-0.15, -0.1) is 0 Å². The molecule has 0 radical (unpaired) electrons. The number of nitrogens with zero attached hydrogens (tertiary/aromatic N) is 2. The molecule has 0 aliphatic carbocycles. The van der Waals surface area contributed by atoms with Crippen LogP contribution in [0.3, 0.4) is 0 Å². The Hall–Kier alpha value is -3.09. The maximum absolute atomic E-state index is 9.96. The summed E-state index contributed by atoms with van der Waals surface area (Å²) in [5, 5.41) is 1.77. The molecule has 0 unspecified atom stereocenters. The molecule has 0 N–H and O–H groups in total. The number of benzene rings is 4. The average molecular weight is 641 g/mol. The number of methoxy groups -OCH3 is 3. The Morgan fingerprint density at radius 2 is 1.07 bits per heavy atom. The summed E-state index contributed by atoms with van der Waals surface area (Å²) in [4.78, 5) is 0. The Bertz CT molecular complexity index is 1850. The minimum atomic E-state index is -3.22. The lowest BCUT2D eigenvalue weighted by Crippen LogP contribution is -1.92. The van der Waals surface area contributed by atoms with Crippen molar-refractivity contribution < 1.29 is 24.5 Å². The molecule has 6 nitrogen and oxygen atoms in total. The first-order chi connectivity index (χ1) is 20.0. The molecule has 4 aromatic carbocycles. The highest BCUT2D eigenvalue weighted by Gasteiger charge is 2.13. The lowest BCUT2D eigenvalue weighted by atomic mass is 10.1. The molecule has 0 spiro atoms. The predicted molar refractivity (Wildman–Crippen MR) is 173 cm³/mol. The van der Waals surface area contributed by atoms with E-state index >= 15 is 0 Å². The van der Waals surface area contributed by atoms with E-state index in [0.29, 0.717) is 0 Å². The Labute approximate surface area is 254 Å². The first-order valence-electron chi connectivity index (χ1n) is 12.8. The predicted octanol–water partition coefficient (Wildman–Crippen LogP) is 10.1. The molecular formula is C30H31Cl3FN2O4P. The van der Waals surface area contributed by atoms with Crippen LogP contribution in [0, 0.1) is 0 Å². The van der Waals surface area contributed by atoms with Crippen molar-refractivity contribution in [1.82, 2.24) is 9.13 Å². The van der Waals surface area contributed by atoms with Crippen LogP contribution >= 0.6 is 38.9 Å². The van der Waals surface area contributed by atoms with Crippen LogP contribution in [0.4, 0.5) is 4.39 Å². The molecule has 11 heteroatoms. The largest absolute Gasteiger partial charge is 0.497 e. The van der Waals surface area contributed by atoms with E-state index in [1.54, 1.807) is 21.3 Å². The Kier molecular flexibility index (Phi) is 10.7. The smallest absolute Gasteiger partial charge is 0.339 e. The Balaban J connectivity index is 0.000000185. The van der Waals surface area contributed by atoms with Crippen molar-refractivity contribution in [2.45, 2.75) is 0 Å². The average Bonchev–Trinajstić information content (AvgIpc) is 3.42. The van der Waals surface area contributed by atoms with E-state index < -0.39 is 12.4 Å². The molecule has 6 aromatic rings. The monoisotopic (exact) mass is 639 g/mol. The van der Waals surface area contributed by atoms with Gasteiger partial charge in [0.2, 0.25) is 0 Å². The molecule has 41 heavy (non-hydrogen) atoms. The number of hydrogen-bond donors (Lipinski definition) is 0. The zero-order valence-corrected chi connectivity index (χ0v) is 26.4. The van der Waals surface area contributed by atoms with Crippen LogP contribution in [0.15, 0.2) is 78.9 Å². The normalized spacial score (nSPS) is 11.1. The second kappa shape index (κ2) is 14.2. The van der Waals surface area contributed by atoms with Gasteiger partial charge in [0.1, 0.15) is 5.75 Å². The number of aryl methyl sites for hydroxylation is 2. The standard InChI is InChI=1S/C15H15NO2.C14H13NO.CH3F.Cl3OP/c1-16-12-7-5-4-6-10(12)11-8-14(17-2)15(18-3)9-13(11)16;1-15-13-6-4-3-5-11(13)12-8-7-10(16-2)9-14(12)15;1-2;1-5(2,3)4/h4-9H,1-3H3;3-9H,1-2H3;1H3;/i;;1D;. The lowest BCUT2D eigenvalue weighted by molar-refractivity contribution is 0.356. The van der Waals surface area contributed by atoms with E-state index in [9.17, 15) is 8.96 Å². The van der Waals surface area contributed by atoms with Gasteiger partial charge in [-0.05, 0) is 64.1 Å². The van der Waals surface area contributed by atoms with Gasteiger partial charge in [-0.3, -0.25) is 8.96 Å². The summed E-state index contributed by atoms with van der Waals surface area (Å²) in [5.41, 5.74) is 4.82. The van der Waals surface area contributed by atoms with Gasteiger partial charge in [0.05, 0.1) is 40.9 Å². The topological polar surface area (TPSA) is 54.6 Å². The lowest BCUT2D eigenvalue weighted by Gasteiger charge is -2.08. The third kappa shape index (κ3) is 7.41. The molecule has 0 aliphatic rings. The summed E-state index contributed by atoms with van der Waals surface area (Å²) in [7, 11) is 8.17. The highest BCUT2D eigenvalue weighted by Crippen LogP contribution is 2.61. The Morgan fingerprint density at radius 3 is 1.56 bits per heavy atom. The minimum absolute atomic E-state index is 0.760. The van der Waals surface area contributed by atoms with E-state index in [4.69, 9.17) is 15.6 Å². The van der Waals surface area contributed by atoms with Crippen LogP contribution in [-0.2, 0) is 18.7 Å². The number of halogens is 4. The van der Waals surface area contributed by atoms with Crippen LogP contribution in [0.25, 0.3) is 43.6 Å². The number of para-hydroxylation sites is 2. The van der Waals surface area contributed by atoms with Gasteiger partial charge in [0.25, 0.3) is 0 Å². The quantitative estimate of drug-likeness (QED) is 0.181. The molecule has 0 fully saturated rings. The summed E-state index contributed by atoms with van der Waals surface area (Å²) >= 11 is 13.8. The van der Waals surface area contributed by atoms with Gasteiger partial charge in [-0.25, -0.2) is 0 Å².